The molecule has 100 valence electrons. The maximum Gasteiger partial charge on any atom is -0.0279 e. The van der Waals surface area contributed by atoms with E-state index >= 15 is 0 Å². The molecule has 1 aromatic rings. The average molecular weight is 244 g/mol. The summed E-state index contributed by atoms with van der Waals surface area (Å²) in [5.74, 6) is 0. The van der Waals surface area contributed by atoms with Crippen molar-refractivity contribution in [2.75, 3.05) is 0 Å². The van der Waals surface area contributed by atoms with Crippen molar-refractivity contribution in [3.63, 3.8) is 0 Å². The van der Waals surface area contributed by atoms with Gasteiger partial charge in [-0.2, -0.15) is 0 Å². The van der Waals surface area contributed by atoms with Crippen molar-refractivity contribution in [3.05, 3.63) is 47.0 Å². The quantitative estimate of drug-likeness (QED) is 0.406. The van der Waals surface area contributed by atoms with Crippen molar-refractivity contribution in [1.29, 1.82) is 0 Å². The third-order valence-electron chi connectivity index (χ3n) is 3.62. The van der Waals surface area contributed by atoms with Crippen molar-refractivity contribution in [2.24, 2.45) is 0 Å². The van der Waals surface area contributed by atoms with Gasteiger partial charge in [-0.15, -0.1) is 0 Å². The third kappa shape index (κ3) is 5.53. The Bertz CT molecular complexity index is 343. The third-order valence-corrected chi connectivity index (χ3v) is 3.62. The normalized spacial score (nSPS) is 11.8. The zero-order chi connectivity index (χ0) is 13.2. The molecule has 0 spiro atoms. The first-order valence-corrected chi connectivity index (χ1v) is 7.52. The molecule has 0 fully saturated rings. The lowest BCUT2D eigenvalue weighted by molar-refractivity contribution is 0.702. The van der Waals surface area contributed by atoms with E-state index in [0.717, 1.165) is 6.42 Å². The molecular formula is C18H28. The Kier molecular flexibility index (Phi) is 7.48. The molecule has 1 rings (SSSR count). The molecule has 0 heteroatoms. The summed E-state index contributed by atoms with van der Waals surface area (Å²) < 4.78 is 0. The fourth-order valence-corrected chi connectivity index (χ4v) is 2.36. The SMILES string of the molecule is C/C=C(\CCC)CCCCc1ccc(CC)cc1. The molecule has 1 aromatic carbocycles. The number of rotatable bonds is 8. The molecule has 0 aromatic heterocycles. The minimum absolute atomic E-state index is 1.14. The average Bonchev–Trinajstić information content (AvgIpc) is 2.43. The van der Waals surface area contributed by atoms with Crippen LogP contribution in [0.1, 0.15) is 64.0 Å². The smallest absolute Gasteiger partial charge is 0.0279 e. The van der Waals surface area contributed by atoms with Crippen molar-refractivity contribution >= 4 is 0 Å². The molecule has 0 bridgehead atoms. The Morgan fingerprint density at radius 1 is 0.944 bits per heavy atom. The summed E-state index contributed by atoms with van der Waals surface area (Å²) >= 11 is 0. The molecule has 0 nitrogen and oxygen atoms in total. The monoisotopic (exact) mass is 244 g/mol. The molecule has 0 aliphatic heterocycles. The summed E-state index contributed by atoms with van der Waals surface area (Å²) in [5.41, 5.74) is 4.57. The lowest BCUT2D eigenvalue weighted by Gasteiger charge is -2.06. The lowest BCUT2D eigenvalue weighted by atomic mass is 10.0. The van der Waals surface area contributed by atoms with Gasteiger partial charge < -0.3 is 0 Å². The van der Waals surface area contributed by atoms with Crippen LogP contribution in [0, 0.1) is 0 Å². The van der Waals surface area contributed by atoms with Crippen LogP contribution in [0.3, 0.4) is 0 Å². The lowest BCUT2D eigenvalue weighted by Crippen LogP contribution is -1.89. The van der Waals surface area contributed by atoms with E-state index in [1.54, 1.807) is 5.57 Å². The number of benzene rings is 1. The fourth-order valence-electron chi connectivity index (χ4n) is 2.36. The van der Waals surface area contributed by atoms with Crippen molar-refractivity contribution < 1.29 is 0 Å². The van der Waals surface area contributed by atoms with Gasteiger partial charge in [-0.1, -0.05) is 56.2 Å². The van der Waals surface area contributed by atoms with E-state index < -0.39 is 0 Å². The fraction of sp³-hybridized carbons (Fsp3) is 0.556. The van der Waals surface area contributed by atoms with Crippen LogP contribution in [-0.2, 0) is 12.8 Å². The van der Waals surface area contributed by atoms with E-state index in [9.17, 15) is 0 Å². The molecular weight excluding hydrogens is 216 g/mol. The number of unbranched alkanes of at least 4 members (excludes halogenated alkanes) is 1. The molecule has 0 aliphatic rings. The predicted molar refractivity (Wildman–Crippen MR) is 82.0 cm³/mol. The summed E-state index contributed by atoms with van der Waals surface area (Å²) in [6, 6.07) is 9.12. The summed E-state index contributed by atoms with van der Waals surface area (Å²) in [6.45, 7) is 6.65. The van der Waals surface area contributed by atoms with Crippen LogP contribution in [0.2, 0.25) is 0 Å². The Labute approximate surface area is 113 Å². The first-order chi connectivity index (χ1) is 8.80. The van der Waals surface area contributed by atoms with Crippen LogP contribution < -0.4 is 0 Å². The highest BCUT2D eigenvalue weighted by molar-refractivity contribution is 5.22. The first-order valence-electron chi connectivity index (χ1n) is 7.52. The molecule has 0 N–H and O–H groups in total. The second kappa shape index (κ2) is 8.97. The van der Waals surface area contributed by atoms with Crippen LogP contribution in [-0.4, -0.2) is 0 Å². The van der Waals surface area contributed by atoms with Gasteiger partial charge in [0.1, 0.15) is 0 Å². The van der Waals surface area contributed by atoms with Crippen LogP contribution in [0.25, 0.3) is 0 Å². The Morgan fingerprint density at radius 2 is 1.61 bits per heavy atom. The maximum atomic E-state index is 2.31. The number of hydrogen-bond acceptors (Lipinski definition) is 0. The van der Waals surface area contributed by atoms with Crippen LogP contribution in [0.4, 0.5) is 0 Å². The minimum atomic E-state index is 1.14. The molecule has 0 aliphatic carbocycles. The first kappa shape index (κ1) is 15.0. The van der Waals surface area contributed by atoms with Gasteiger partial charge >= 0.3 is 0 Å². The summed E-state index contributed by atoms with van der Waals surface area (Å²) in [7, 11) is 0. The summed E-state index contributed by atoms with van der Waals surface area (Å²) in [5, 5.41) is 0. The Hall–Kier alpha value is -1.04. The van der Waals surface area contributed by atoms with Gasteiger partial charge in [-0.05, 0) is 56.6 Å². The van der Waals surface area contributed by atoms with Crippen molar-refractivity contribution in [1.82, 2.24) is 0 Å². The van der Waals surface area contributed by atoms with Crippen molar-refractivity contribution in [2.45, 2.75) is 65.7 Å². The second-order valence-corrected chi connectivity index (χ2v) is 5.07. The van der Waals surface area contributed by atoms with E-state index in [1.165, 1.54) is 49.7 Å². The topological polar surface area (TPSA) is 0 Å². The van der Waals surface area contributed by atoms with Gasteiger partial charge in [0, 0.05) is 0 Å². The molecule has 0 amide bonds. The molecule has 0 saturated heterocycles. The second-order valence-electron chi connectivity index (χ2n) is 5.07. The largest absolute Gasteiger partial charge is 0.0885 e. The van der Waals surface area contributed by atoms with Gasteiger partial charge in [0.15, 0.2) is 0 Å². The highest BCUT2D eigenvalue weighted by Crippen LogP contribution is 2.15. The predicted octanol–water partition coefficient (Wildman–Crippen LogP) is 5.71. The molecule has 0 atom stereocenters. The van der Waals surface area contributed by atoms with Gasteiger partial charge in [-0.25, -0.2) is 0 Å². The number of hydrogen-bond donors (Lipinski definition) is 0. The highest BCUT2D eigenvalue weighted by Gasteiger charge is 1.97. The number of aryl methyl sites for hydroxylation is 2. The van der Waals surface area contributed by atoms with E-state index in [1.807, 2.05) is 0 Å². The molecule has 0 saturated carbocycles. The maximum absolute atomic E-state index is 2.31. The van der Waals surface area contributed by atoms with Crippen molar-refractivity contribution in [3.8, 4) is 0 Å². The van der Waals surface area contributed by atoms with E-state index in [2.05, 4.69) is 51.1 Å². The zero-order valence-electron chi connectivity index (χ0n) is 12.3. The molecule has 0 unspecified atom stereocenters. The van der Waals surface area contributed by atoms with Gasteiger partial charge in [0.2, 0.25) is 0 Å². The minimum Gasteiger partial charge on any atom is -0.0885 e. The van der Waals surface area contributed by atoms with Crippen LogP contribution >= 0.6 is 0 Å². The molecule has 18 heavy (non-hydrogen) atoms. The zero-order valence-corrected chi connectivity index (χ0v) is 12.3. The summed E-state index contributed by atoms with van der Waals surface area (Å²) in [6.07, 6.45) is 11.2. The molecule has 0 heterocycles. The standard InChI is InChI=1S/C18H28/c1-4-9-16(5-2)10-7-8-11-18-14-12-17(6-3)13-15-18/h5,12-15H,4,6-11H2,1-3H3/b16-5+. The highest BCUT2D eigenvalue weighted by atomic mass is 14.0. The van der Waals surface area contributed by atoms with E-state index in [0.29, 0.717) is 0 Å². The van der Waals surface area contributed by atoms with E-state index in [-0.39, 0.29) is 0 Å². The van der Waals surface area contributed by atoms with E-state index in [4.69, 9.17) is 0 Å². The Balaban J connectivity index is 2.24. The van der Waals surface area contributed by atoms with Crippen LogP contribution in [0.5, 0.6) is 0 Å². The molecule has 0 radical (unpaired) electrons. The van der Waals surface area contributed by atoms with Gasteiger partial charge in [0.05, 0.1) is 0 Å². The van der Waals surface area contributed by atoms with Gasteiger partial charge in [-0.3, -0.25) is 0 Å². The Morgan fingerprint density at radius 3 is 2.17 bits per heavy atom. The van der Waals surface area contributed by atoms with Gasteiger partial charge in [0.25, 0.3) is 0 Å². The van der Waals surface area contributed by atoms with Crippen LogP contribution in [0.15, 0.2) is 35.9 Å². The number of allylic oxidation sites excluding steroid dienone is 2. The summed E-state index contributed by atoms with van der Waals surface area (Å²) in [4.78, 5) is 0.